The summed E-state index contributed by atoms with van der Waals surface area (Å²) in [7, 11) is 1.26. The van der Waals surface area contributed by atoms with E-state index in [2.05, 4.69) is 25.3 Å². The van der Waals surface area contributed by atoms with Gasteiger partial charge in [0.25, 0.3) is 11.9 Å². The fraction of sp³-hybridized carbons (Fsp3) is 0.304. The van der Waals surface area contributed by atoms with Gasteiger partial charge in [-0.05, 0) is 49.2 Å². The lowest BCUT2D eigenvalue weighted by molar-refractivity contribution is -0.139. The molecule has 2 aromatic carbocycles. The SMILES string of the molecule is COC(=O)CNC(=O)c1ccc(NC(=O)C2CCN(c3nc4ccccc4o3)CC2)cc1. The number of methoxy groups -OCH3 is 1. The predicted molar refractivity (Wildman–Crippen MR) is 118 cm³/mol. The number of hydrogen-bond acceptors (Lipinski definition) is 7. The van der Waals surface area contributed by atoms with Crippen molar-refractivity contribution in [1.82, 2.24) is 10.3 Å². The molecule has 4 rings (SSSR count). The second-order valence-corrected chi connectivity index (χ2v) is 7.55. The number of carbonyl (C=O) groups excluding carboxylic acids is 3. The number of nitrogens with one attached hydrogen (secondary N) is 2. The molecule has 2 amide bonds. The van der Waals surface area contributed by atoms with Gasteiger partial charge in [0.05, 0.1) is 7.11 Å². The van der Waals surface area contributed by atoms with Gasteiger partial charge in [0.15, 0.2) is 5.58 Å². The van der Waals surface area contributed by atoms with E-state index in [0.29, 0.717) is 43.2 Å². The van der Waals surface area contributed by atoms with E-state index in [1.54, 1.807) is 24.3 Å². The standard InChI is InChI=1S/C23H24N4O5/c1-31-20(28)14-24-21(29)15-6-8-17(9-7-15)25-22(30)16-10-12-27(13-11-16)23-26-18-4-2-3-5-19(18)32-23/h2-9,16H,10-14H2,1H3,(H,24,29)(H,25,30). The van der Waals surface area contributed by atoms with Crippen LogP contribution in [0, 0.1) is 5.92 Å². The van der Waals surface area contributed by atoms with Gasteiger partial charge >= 0.3 is 5.97 Å². The molecule has 0 spiro atoms. The van der Waals surface area contributed by atoms with Gasteiger partial charge < -0.3 is 24.7 Å². The van der Waals surface area contributed by atoms with Crippen LogP contribution < -0.4 is 15.5 Å². The van der Waals surface area contributed by atoms with Gasteiger partial charge in [-0.25, -0.2) is 0 Å². The van der Waals surface area contributed by atoms with E-state index >= 15 is 0 Å². The lowest BCUT2D eigenvalue weighted by Gasteiger charge is -2.30. The van der Waals surface area contributed by atoms with Crippen LogP contribution >= 0.6 is 0 Å². The highest BCUT2D eigenvalue weighted by Gasteiger charge is 2.27. The summed E-state index contributed by atoms with van der Waals surface area (Å²) >= 11 is 0. The molecule has 9 nitrogen and oxygen atoms in total. The highest BCUT2D eigenvalue weighted by molar-refractivity contribution is 5.97. The molecule has 1 fully saturated rings. The van der Waals surface area contributed by atoms with Gasteiger partial charge in [-0.15, -0.1) is 0 Å². The minimum absolute atomic E-state index is 0.0508. The number of piperidine rings is 1. The van der Waals surface area contributed by atoms with Crippen LogP contribution in [0.25, 0.3) is 11.1 Å². The molecule has 32 heavy (non-hydrogen) atoms. The van der Waals surface area contributed by atoms with E-state index in [1.807, 2.05) is 24.3 Å². The maximum Gasteiger partial charge on any atom is 0.325 e. The van der Waals surface area contributed by atoms with E-state index in [0.717, 1.165) is 11.1 Å². The van der Waals surface area contributed by atoms with Crippen molar-refractivity contribution >= 4 is 40.6 Å². The summed E-state index contributed by atoms with van der Waals surface area (Å²) in [5.74, 6) is -1.08. The minimum atomic E-state index is -0.524. The number of fused-ring (bicyclic) bond motifs is 1. The third kappa shape index (κ3) is 4.88. The Morgan fingerprint density at radius 3 is 2.50 bits per heavy atom. The number of aromatic nitrogens is 1. The molecule has 0 saturated carbocycles. The van der Waals surface area contributed by atoms with Crippen molar-refractivity contribution in [2.75, 3.05) is 37.0 Å². The minimum Gasteiger partial charge on any atom is -0.468 e. The summed E-state index contributed by atoms with van der Waals surface area (Å²) in [5, 5.41) is 5.38. The second-order valence-electron chi connectivity index (χ2n) is 7.55. The van der Waals surface area contributed by atoms with E-state index in [1.165, 1.54) is 7.11 Å². The fourth-order valence-corrected chi connectivity index (χ4v) is 3.60. The number of hydrogen-bond donors (Lipinski definition) is 2. The Hall–Kier alpha value is -3.88. The smallest absolute Gasteiger partial charge is 0.325 e. The van der Waals surface area contributed by atoms with Crippen molar-refractivity contribution in [2.45, 2.75) is 12.8 Å². The zero-order chi connectivity index (χ0) is 22.5. The van der Waals surface area contributed by atoms with Gasteiger partial charge in [-0.2, -0.15) is 4.98 Å². The lowest BCUT2D eigenvalue weighted by Crippen LogP contribution is -2.38. The highest BCUT2D eigenvalue weighted by Crippen LogP contribution is 2.27. The molecule has 166 valence electrons. The Morgan fingerprint density at radius 1 is 1.09 bits per heavy atom. The number of anilines is 2. The van der Waals surface area contributed by atoms with Crippen LogP contribution in [0.2, 0.25) is 0 Å². The van der Waals surface area contributed by atoms with Crippen LogP contribution in [0.5, 0.6) is 0 Å². The average molecular weight is 436 g/mol. The Kier molecular flexibility index (Phi) is 6.34. The normalized spacial score (nSPS) is 14.2. The first-order chi connectivity index (χ1) is 15.5. The molecule has 2 N–H and O–H groups in total. The number of carbonyl (C=O) groups is 3. The predicted octanol–water partition coefficient (Wildman–Crippen LogP) is 2.59. The number of rotatable bonds is 6. The van der Waals surface area contributed by atoms with Crippen LogP contribution in [0.15, 0.2) is 52.9 Å². The van der Waals surface area contributed by atoms with E-state index in [4.69, 9.17) is 4.42 Å². The third-order valence-electron chi connectivity index (χ3n) is 5.45. The molecule has 1 aliphatic rings. The summed E-state index contributed by atoms with van der Waals surface area (Å²) < 4.78 is 10.3. The third-order valence-corrected chi connectivity index (χ3v) is 5.45. The van der Waals surface area contributed by atoms with Crippen LogP contribution in [-0.4, -0.2) is 49.5 Å². The summed E-state index contributed by atoms with van der Waals surface area (Å²) in [5.41, 5.74) is 2.58. The van der Waals surface area contributed by atoms with Crippen molar-refractivity contribution in [2.24, 2.45) is 5.92 Å². The first-order valence-electron chi connectivity index (χ1n) is 10.4. The quantitative estimate of drug-likeness (QED) is 0.571. The number of para-hydroxylation sites is 2. The number of esters is 1. The first-order valence-corrected chi connectivity index (χ1v) is 10.4. The molecule has 0 aliphatic carbocycles. The van der Waals surface area contributed by atoms with Crippen molar-refractivity contribution in [3.63, 3.8) is 0 Å². The van der Waals surface area contributed by atoms with Gasteiger partial charge in [-0.1, -0.05) is 12.1 Å². The number of oxazole rings is 1. The van der Waals surface area contributed by atoms with Gasteiger partial charge in [0, 0.05) is 30.3 Å². The Morgan fingerprint density at radius 2 is 1.81 bits per heavy atom. The Labute approximate surface area is 184 Å². The molecule has 0 atom stereocenters. The molecule has 9 heteroatoms. The molecular formula is C23H24N4O5. The van der Waals surface area contributed by atoms with E-state index in [9.17, 15) is 14.4 Å². The Balaban J connectivity index is 1.28. The average Bonchev–Trinajstić information content (AvgIpc) is 3.27. The largest absolute Gasteiger partial charge is 0.468 e. The van der Waals surface area contributed by atoms with Crippen molar-refractivity contribution in [1.29, 1.82) is 0 Å². The van der Waals surface area contributed by atoms with Crippen LogP contribution in [-0.2, 0) is 14.3 Å². The Bertz CT molecular complexity index is 1080. The summed E-state index contributed by atoms with van der Waals surface area (Å²) in [4.78, 5) is 42.4. The monoisotopic (exact) mass is 436 g/mol. The van der Waals surface area contributed by atoms with E-state index < -0.39 is 5.97 Å². The lowest BCUT2D eigenvalue weighted by atomic mass is 9.96. The highest BCUT2D eigenvalue weighted by atomic mass is 16.5. The zero-order valence-electron chi connectivity index (χ0n) is 17.7. The number of amides is 2. The molecule has 1 saturated heterocycles. The molecule has 0 bridgehead atoms. The molecule has 1 aromatic heterocycles. The summed E-state index contributed by atoms with van der Waals surface area (Å²) in [6, 6.07) is 14.7. The number of nitrogens with zero attached hydrogens (tertiary/aromatic N) is 2. The summed E-state index contributed by atoms with van der Waals surface area (Å²) in [6.07, 6.45) is 1.39. The van der Waals surface area contributed by atoms with Gasteiger partial charge in [0.1, 0.15) is 12.1 Å². The number of ether oxygens (including phenoxy) is 1. The van der Waals surface area contributed by atoms with Crippen LogP contribution in [0.1, 0.15) is 23.2 Å². The van der Waals surface area contributed by atoms with Crippen molar-refractivity contribution in [3.05, 3.63) is 54.1 Å². The fourth-order valence-electron chi connectivity index (χ4n) is 3.60. The topological polar surface area (TPSA) is 114 Å². The van der Waals surface area contributed by atoms with E-state index in [-0.39, 0.29) is 24.3 Å². The molecule has 0 radical (unpaired) electrons. The zero-order valence-corrected chi connectivity index (χ0v) is 17.7. The maximum atomic E-state index is 12.7. The van der Waals surface area contributed by atoms with Crippen molar-refractivity contribution in [3.8, 4) is 0 Å². The molecule has 1 aliphatic heterocycles. The van der Waals surface area contributed by atoms with Crippen molar-refractivity contribution < 1.29 is 23.5 Å². The molecule has 3 aromatic rings. The van der Waals surface area contributed by atoms with Gasteiger partial charge in [-0.3, -0.25) is 14.4 Å². The number of benzene rings is 2. The maximum absolute atomic E-state index is 12.7. The molecular weight excluding hydrogens is 412 g/mol. The van der Waals surface area contributed by atoms with Crippen LogP contribution in [0.4, 0.5) is 11.7 Å². The molecule has 2 heterocycles. The second kappa shape index (κ2) is 9.51. The van der Waals surface area contributed by atoms with Gasteiger partial charge in [0.2, 0.25) is 5.91 Å². The first kappa shape index (κ1) is 21.4. The summed E-state index contributed by atoms with van der Waals surface area (Å²) in [6.45, 7) is 1.17. The molecule has 0 unspecified atom stereocenters. The van der Waals surface area contributed by atoms with Crippen LogP contribution in [0.3, 0.4) is 0 Å².